The highest BCUT2D eigenvalue weighted by molar-refractivity contribution is 5.15. The van der Waals surface area contributed by atoms with Gasteiger partial charge < -0.3 is 5.73 Å². The Labute approximate surface area is 85.3 Å². The summed E-state index contributed by atoms with van der Waals surface area (Å²) in [6.07, 6.45) is -4.35. The number of hydrogen-bond donors (Lipinski definition) is 1. The van der Waals surface area contributed by atoms with Crippen LogP contribution in [0.1, 0.15) is 31.3 Å². The summed E-state index contributed by atoms with van der Waals surface area (Å²) in [7, 11) is 0. The van der Waals surface area contributed by atoms with Crippen molar-refractivity contribution in [1.29, 1.82) is 0 Å². The van der Waals surface area contributed by atoms with Gasteiger partial charge in [-0.15, -0.1) is 5.10 Å². The summed E-state index contributed by atoms with van der Waals surface area (Å²) >= 11 is 0. The first kappa shape index (κ1) is 12.0. The lowest BCUT2D eigenvalue weighted by Crippen LogP contribution is -2.19. The van der Waals surface area contributed by atoms with Gasteiger partial charge in [0.2, 0.25) is 0 Å². The molecule has 0 aliphatic heterocycles. The molecule has 0 saturated carbocycles. The summed E-state index contributed by atoms with van der Waals surface area (Å²) in [4.78, 5) is 0. The molecule has 0 radical (unpaired) electrons. The van der Waals surface area contributed by atoms with E-state index in [9.17, 15) is 13.2 Å². The van der Waals surface area contributed by atoms with Crippen molar-refractivity contribution in [1.82, 2.24) is 15.0 Å². The smallest absolute Gasteiger partial charge is 0.330 e. The molecule has 1 heterocycles. The third-order valence-electron chi connectivity index (χ3n) is 1.90. The van der Waals surface area contributed by atoms with Gasteiger partial charge in [0.1, 0.15) is 0 Å². The maximum absolute atomic E-state index is 12.7. The van der Waals surface area contributed by atoms with Crippen LogP contribution in [-0.2, 0) is 12.6 Å². The van der Waals surface area contributed by atoms with Crippen molar-refractivity contribution < 1.29 is 13.2 Å². The summed E-state index contributed by atoms with van der Waals surface area (Å²) in [6, 6.07) is -0.374. The maximum Gasteiger partial charge on any atom is 0.434 e. The zero-order valence-corrected chi connectivity index (χ0v) is 8.54. The van der Waals surface area contributed by atoms with Crippen LogP contribution in [0.4, 0.5) is 13.2 Å². The standard InChI is InChI=1S/C8H13F3N4/c1-5(2)15-7(8(9,10)11)6(3-4-12)13-14-15/h5H,3-4,12H2,1-2H3. The Kier molecular flexibility index (Phi) is 3.33. The van der Waals surface area contributed by atoms with Crippen LogP contribution in [0.3, 0.4) is 0 Å². The van der Waals surface area contributed by atoms with E-state index in [-0.39, 0.29) is 24.7 Å². The molecule has 0 bridgehead atoms. The number of alkyl halides is 3. The van der Waals surface area contributed by atoms with Crippen molar-refractivity contribution in [3.63, 3.8) is 0 Å². The Morgan fingerprint density at radius 1 is 1.40 bits per heavy atom. The second kappa shape index (κ2) is 4.18. The fraction of sp³-hybridized carbons (Fsp3) is 0.750. The molecular formula is C8H13F3N4. The Morgan fingerprint density at radius 3 is 2.40 bits per heavy atom. The van der Waals surface area contributed by atoms with Crippen LogP contribution in [0.25, 0.3) is 0 Å². The molecule has 1 aromatic heterocycles. The molecule has 2 N–H and O–H groups in total. The number of rotatable bonds is 3. The van der Waals surface area contributed by atoms with Crippen LogP contribution >= 0.6 is 0 Å². The van der Waals surface area contributed by atoms with Crippen molar-refractivity contribution >= 4 is 0 Å². The number of halogens is 3. The summed E-state index contributed by atoms with van der Waals surface area (Å²) in [5, 5.41) is 7.00. The van der Waals surface area contributed by atoms with Gasteiger partial charge in [0, 0.05) is 12.5 Å². The average molecular weight is 222 g/mol. The van der Waals surface area contributed by atoms with Gasteiger partial charge in [-0.3, -0.25) is 0 Å². The van der Waals surface area contributed by atoms with Crippen LogP contribution in [0, 0.1) is 0 Å². The van der Waals surface area contributed by atoms with E-state index < -0.39 is 11.9 Å². The molecule has 0 atom stereocenters. The van der Waals surface area contributed by atoms with E-state index >= 15 is 0 Å². The van der Waals surface area contributed by atoms with Crippen molar-refractivity contribution in [2.24, 2.45) is 5.73 Å². The SMILES string of the molecule is CC(C)n1nnc(CCN)c1C(F)(F)F. The van der Waals surface area contributed by atoms with Crippen LogP contribution in [0.15, 0.2) is 0 Å². The van der Waals surface area contributed by atoms with Gasteiger partial charge in [0.15, 0.2) is 5.69 Å². The molecule has 0 unspecified atom stereocenters. The van der Waals surface area contributed by atoms with Crippen molar-refractivity contribution in [3.8, 4) is 0 Å². The third kappa shape index (κ3) is 2.47. The molecule has 0 spiro atoms. The topological polar surface area (TPSA) is 56.7 Å². The minimum Gasteiger partial charge on any atom is -0.330 e. The van der Waals surface area contributed by atoms with Gasteiger partial charge >= 0.3 is 6.18 Å². The third-order valence-corrected chi connectivity index (χ3v) is 1.90. The molecule has 86 valence electrons. The van der Waals surface area contributed by atoms with Gasteiger partial charge in [-0.1, -0.05) is 5.21 Å². The van der Waals surface area contributed by atoms with Crippen molar-refractivity contribution in [2.45, 2.75) is 32.5 Å². The highest BCUT2D eigenvalue weighted by atomic mass is 19.4. The molecule has 1 rings (SSSR count). The first-order valence-electron chi connectivity index (χ1n) is 4.59. The molecule has 0 amide bonds. The molecule has 0 saturated heterocycles. The molecule has 0 aromatic carbocycles. The average Bonchev–Trinajstić information content (AvgIpc) is 2.47. The molecule has 0 aliphatic carbocycles. The lowest BCUT2D eigenvalue weighted by molar-refractivity contribution is -0.145. The fourth-order valence-corrected chi connectivity index (χ4v) is 1.29. The molecule has 0 aliphatic rings. The molecule has 7 heteroatoms. The largest absolute Gasteiger partial charge is 0.434 e. The lowest BCUT2D eigenvalue weighted by Gasteiger charge is -2.13. The van der Waals surface area contributed by atoms with Gasteiger partial charge in [-0.05, 0) is 20.4 Å². The Morgan fingerprint density at radius 2 is 2.00 bits per heavy atom. The minimum absolute atomic E-state index is 0.0845. The van der Waals surface area contributed by atoms with Gasteiger partial charge in [0.05, 0.1) is 5.69 Å². The first-order chi connectivity index (χ1) is 6.88. The fourth-order valence-electron chi connectivity index (χ4n) is 1.29. The molecule has 4 nitrogen and oxygen atoms in total. The molecule has 0 fully saturated rings. The van der Waals surface area contributed by atoms with E-state index in [1.807, 2.05) is 0 Å². The molecule has 1 aromatic rings. The highest BCUT2D eigenvalue weighted by Crippen LogP contribution is 2.32. The number of nitrogens with zero attached hydrogens (tertiary/aromatic N) is 3. The zero-order chi connectivity index (χ0) is 11.6. The van der Waals surface area contributed by atoms with Crippen LogP contribution in [0.2, 0.25) is 0 Å². The van der Waals surface area contributed by atoms with Gasteiger partial charge in [-0.2, -0.15) is 13.2 Å². The second-order valence-electron chi connectivity index (χ2n) is 3.46. The van der Waals surface area contributed by atoms with Gasteiger partial charge in [0.25, 0.3) is 0 Å². The van der Waals surface area contributed by atoms with E-state index in [0.717, 1.165) is 4.68 Å². The summed E-state index contributed by atoms with van der Waals surface area (Å²) in [6.45, 7) is 3.37. The normalized spacial score (nSPS) is 12.5. The summed E-state index contributed by atoms with van der Waals surface area (Å²) in [5.74, 6) is 0. The number of nitrogens with two attached hydrogens (primary N) is 1. The Balaban J connectivity index is 3.21. The predicted molar refractivity (Wildman–Crippen MR) is 48.2 cm³/mol. The van der Waals surface area contributed by atoms with E-state index in [2.05, 4.69) is 10.3 Å². The molecule has 15 heavy (non-hydrogen) atoms. The second-order valence-corrected chi connectivity index (χ2v) is 3.46. The van der Waals surface area contributed by atoms with E-state index in [0.29, 0.717) is 0 Å². The quantitative estimate of drug-likeness (QED) is 0.840. The van der Waals surface area contributed by atoms with Crippen LogP contribution in [-0.4, -0.2) is 21.5 Å². The number of aromatic nitrogens is 3. The summed E-state index contributed by atoms with van der Waals surface area (Å²) in [5.41, 5.74) is 4.34. The minimum atomic E-state index is -4.43. The Hall–Kier alpha value is -1.11. The monoisotopic (exact) mass is 222 g/mol. The Bertz CT molecular complexity index is 329. The summed E-state index contributed by atoms with van der Waals surface area (Å²) < 4.78 is 38.9. The van der Waals surface area contributed by atoms with Crippen LogP contribution in [0.5, 0.6) is 0 Å². The van der Waals surface area contributed by atoms with Crippen molar-refractivity contribution in [2.75, 3.05) is 6.54 Å². The first-order valence-corrected chi connectivity index (χ1v) is 4.59. The zero-order valence-electron chi connectivity index (χ0n) is 8.54. The lowest BCUT2D eigenvalue weighted by atomic mass is 10.2. The molecular weight excluding hydrogens is 209 g/mol. The predicted octanol–water partition coefficient (Wildman–Crippen LogP) is 1.38. The van der Waals surface area contributed by atoms with Crippen molar-refractivity contribution in [3.05, 3.63) is 11.4 Å². The van der Waals surface area contributed by atoms with Crippen LogP contribution < -0.4 is 5.73 Å². The maximum atomic E-state index is 12.7. The van der Waals surface area contributed by atoms with E-state index in [1.54, 1.807) is 13.8 Å². The van der Waals surface area contributed by atoms with E-state index in [1.165, 1.54) is 0 Å². The van der Waals surface area contributed by atoms with E-state index in [4.69, 9.17) is 5.73 Å². The highest BCUT2D eigenvalue weighted by Gasteiger charge is 2.39. The number of hydrogen-bond acceptors (Lipinski definition) is 3. The van der Waals surface area contributed by atoms with Gasteiger partial charge in [-0.25, -0.2) is 4.68 Å².